The topological polar surface area (TPSA) is 20.2 Å². The van der Waals surface area contributed by atoms with Crippen molar-refractivity contribution in [1.29, 1.82) is 0 Å². The molecule has 1 atom stereocenters. The van der Waals surface area contributed by atoms with Crippen LogP contribution in [0.4, 0.5) is 0 Å². The molecule has 0 spiro atoms. The van der Waals surface area contributed by atoms with Crippen LogP contribution in [-0.2, 0) is 0 Å². The quantitative estimate of drug-likeness (QED) is 0.501. The Balaban J connectivity index is 2.92. The minimum absolute atomic E-state index is 0.358. The molecule has 0 rings (SSSR count). The average Bonchev–Trinajstić information content (AvgIpc) is 2.26. The summed E-state index contributed by atoms with van der Waals surface area (Å²) < 4.78 is 0. The highest BCUT2D eigenvalue weighted by molar-refractivity contribution is 4.52. The number of unbranched alkanes of at least 4 members (excludes halogenated alkanes) is 8. The highest BCUT2D eigenvalue weighted by Gasteiger charge is 1.98. The molecule has 15 heavy (non-hydrogen) atoms. The van der Waals surface area contributed by atoms with E-state index >= 15 is 0 Å². The summed E-state index contributed by atoms with van der Waals surface area (Å²) in [5.41, 5.74) is 0. The van der Waals surface area contributed by atoms with E-state index in [4.69, 9.17) is 5.11 Å². The second kappa shape index (κ2) is 12.0. The van der Waals surface area contributed by atoms with Gasteiger partial charge in [-0.25, -0.2) is 0 Å². The highest BCUT2D eigenvalue weighted by Crippen LogP contribution is 2.12. The van der Waals surface area contributed by atoms with Gasteiger partial charge >= 0.3 is 0 Å². The summed E-state index contributed by atoms with van der Waals surface area (Å²) in [5.74, 6) is 0.509. The molecule has 1 N–H and O–H groups in total. The first-order valence-electron chi connectivity index (χ1n) is 6.92. The van der Waals surface area contributed by atoms with Crippen molar-refractivity contribution < 1.29 is 5.11 Å². The van der Waals surface area contributed by atoms with Gasteiger partial charge in [-0.2, -0.15) is 0 Å². The van der Waals surface area contributed by atoms with Crippen LogP contribution in [0.2, 0.25) is 0 Å². The Labute approximate surface area is 96.3 Å². The van der Waals surface area contributed by atoms with Gasteiger partial charge in [-0.1, -0.05) is 71.6 Å². The first kappa shape index (κ1) is 15.0. The molecule has 0 aliphatic heterocycles. The lowest BCUT2D eigenvalue weighted by atomic mass is 10.0. The van der Waals surface area contributed by atoms with Gasteiger partial charge < -0.3 is 5.11 Å². The zero-order valence-corrected chi connectivity index (χ0v) is 10.8. The van der Waals surface area contributed by atoms with Crippen LogP contribution in [0.1, 0.15) is 78.1 Å². The van der Waals surface area contributed by atoms with Crippen molar-refractivity contribution in [2.75, 3.05) is 6.61 Å². The molecule has 0 saturated carbocycles. The van der Waals surface area contributed by atoms with Crippen molar-refractivity contribution in [2.24, 2.45) is 5.92 Å². The van der Waals surface area contributed by atoms with E-state index in [1.165, 1.54) is 64.2 Å². The maximum atomic E-state index is 8.86. The molecule has 0 heterocycles. The number of aliphatic hydroxyl groups is 1. The highest BCUT2D eigenvalue weighted by atomic mass is 16.3. The molecule has 0 radical (unpaired) electrons. The minimum atomic E-state index is 0.358. The predicted molar refractivity (Wildman–Crippen MR) is 68.1 cm³/mol. The predicted octanol–water partition coefficient (Wildman–Crippen LogP) is 4.54. The number of rotatable bonds is 11. The van der Waals surface area contributed by atoms with Crippen LogP contribution in [0, 0.1) is 5.92 Å². The Bertz CT molecular complexity index is 112. The molecule has 0 saturated heterocycles. The van der Waals surface area contributed by atoms with Gasteiger partial charge in [0.15, 0.2) is 0 Å². The van der Waals surface area contributed by atoms with Crippen molar-refractivity contribution in [3.8, 4) is 0 Å². The smallest absolute Gasteiger partial charge is 0.0456 e. The minimum Gasteiger partial charge on any atom is -0.396 e. The fraction of sp³-hybridized carbons (Fsp3) is 1.00. The van der Waals surface area contributed by atoms with Gasteiger partial charge in [0.05, 0.1) is 0 Å². The Hall–Kier alpha value is -0.0400. The lowest BCUT2D eigenvalue weighted by molar-refractivity contribution is 0.227. The molecular formula is C14H30O. The second-order valence-electron chi connectivity index (χ2n) is 4.90. The number of hydrogen-bond acceptors (Lipinski definition) is 1. The van der Waals surface area contributed by atoms with E-state index in [0.717, 1.165) is 0 Å². The summed E-state index contributed by atoms with van der Waals surface area (Å²) in [4.78, 5) is 0. The van der Waals surface area contributed by atoms with Crippen LogP contribution >= 0.6 is 0 Å². The first-order chi connectivity index (χ1) is 7.31. The van der Waals surface area contributed by atoms with Gasteiger partial charge in [0.2, 0.25) is 0 Å². The molecule has 0 bridgehead atoms. The zero-order chi connectivity index (χ0) is 11.4. The van der Waals surface area contributed by atoms with Crippen LogP contribution in [0.25, 0.3) is 0 Å². The van der Waals surface area contributed by atoms with Crippen molar-refractivity contribution in [2.45, 2.75) is 78.1 Å². The normalized spacial score (nSPS) is 13.0. The third-order valence-electron chi connectivity index (χ3n) is 3.11. The third kappa shape index (κ3) is 11.9. The number of hydrogen-bond donors (Lipinski definition) is 1. The van der Waals surface area contributed by atoms with Gasteiger partial charge in [0, 0.05) is 6.61 Å². The molecule has 1 heteroatoms. The summed E-state index contributed by atoms with van der Waals surface area (Å²) in [6.45, 7) is 4.75. The van der Waals surface area contributed by atoms with E-state index in [2.05, 4.69) is 13.8 Å². The van der Waals surface area contributed by atoms with Crippen LogP contribution in [0.15, 0.2) is 0 Å². The lowest BCUT2D eigenvalue weighted by Gasteiger charge is -2.06. The first-order valence-corrected chi connectivity index (χ1v) is 6.92. The molecule has 0 aliphatic rings. The molecule has 0 aromatic heterocycles. The molecule has 0 aromatic carbocycles. The monoisotopic (exact) mass is 214 g/mol. The number of aliphatic hydroxyl groups excluding tert-OH is 1. The van der Waals surface area contributed by atoms with E-state index in [1.807, 2.05) is 0 Å². The molecule has 1 nitrogen and oxygen atoms in total. The Morgan fingerprint density at radius 2 is 1.27 bits per heavy atom. The molecule has 0 amide bonds. The van der Waals surface area contributed by atoms with Gasteiger partial charge in [0.25, 0.3) is 0 Å². The molecular weight excluding hydrogens is 184 g/mol. The summed E-state index contributed by atoms with van der Waals surface area (Å²) in [6, 6.07) is 0. The molecule has 0 unspecified atom stereocenters. The largest absolute Gasteiger partial charge is 0.396 e. The molecule has 92 valence electrons. The zero-order valence-electron chi connectivity index (χ0n) is 10.8. The van der Waals surface area contributed by atoms with Crippen molar-refractivity contribution in [3.05, 3.63) is 0 Å². The van der Waals surface area contributed by atoms with Crippen molar-refractivity contribution in [3.63, 3.8) is 0 Å². The second-order valence-corrected chi connectivity index (χ2v) is 4.90. The van der Waals surface area contributed by atoms with Crippen LogP contribution < -0.4 is 0 Å². The van der Waals surface area contributed by atoms with E-state index in [0.29, 0.717) is 12.5 Å². The standard InChI is InChI=1S/C14H30O/c1-3-4-5-6-7-8-9-10-11-12-14(2)13-15/h14-15H,3-13H2,1-2H3/t14-/m1/s1. The summed E-state index contributed by atoms with van der Waals surface area (Å²) in [5, 5.41) is 8.86. The van der Waals surface area contributed by atoms with E-state index < -0.39 is 0 Å². The summed E-state index contributed by atoms with van der Waals surface area (Å²) in [6.07, 6.45) is 13.7. The van der Waals surface area contributed by atoms with E-state index in [-0.39, 0.29) is 0 Å². The fourth-order valence-corrected chi connectivity index (χ4v) is 1.89. The van der Waals surface area contributed by atoms with Crippen LogP contribution in [0.3, 0.4) is 0 Å². The molecule has 0 aliphatic carbocycles. The average molecular weight is 214 g/mol. The van der Waals surface area contributed by atoms with Gasteiger partial charge in [-0.05, 0) is 12.3 Å². The van der Waals surface area contributed by atoms with Gasteiger partial charge in [-0.3, -0.25) is 0 Å². The van der Waals surface area contributed by atoms with Crippen molar-refractivity contribution >= 4 is 0 Å². The molecule has 0 aromatic rings. The van der Waals surface area contributed by atoms with Crippen molar-refractivity contribution in [1.82, 2.24) is 0 Å². The molecule has 0 fully saturated rings. The summed E-state index contributed by atoms with van der Waals surface area (Å²) in [7, 11) is 0. The maximum absolute atomic E-state index is 8.86. The maximum Gasteiger partial charge on any atom is 0.0456 e. The Morgan fingerprint density at radius 3 is 1.73 bits per heavy atom. The third-order valence-corrected chi connectivity index (χ3v) is 3.11. The lowest BCUT2D eigenvalue weighted by Crippen LogP contribution is -1.99. The fourth-order valence-electron chi connectivity index (χ4n) is 1.89. The van der Waals surface area contributed by atoms with E-state index in [9.17, 15) is 0 Å². The SMILES string of the molecule is CCCCCCCCCCC[C@@H](C)CO. The Morgan fingerprint density at radius 1 is 0.800 bits per heavy atom. The van der Waals surface area contributed by atoms with Crippen LogP contribution in [0.5, 0.6) is 0 Å². The summed E-state index contributed by atoms with van der Waals surface area (Å²) >= 11 is 0. The van der Waals surface area contributed by atoms with E-state index in [1.54, 1.807) is 0 Å². The van der Waals surface area contributed by atoms with Gasteiger partial charge in [0.1, 0.15) is 0 Å². The van der Waals surface area contributed by atoms with Gasteiger partial charge in [-0.15, -0.1) is 0 Å². The Kier molecular flexibility index (Phi) is 12.0. The van der Waals surface area contributed by atoms with Crippen LogP contribution in [-0.4, -0.2) is 11.7 Å².